The van der Waals surface area contributed by atoms with Crippen molar-refractivity contribution in [3.63, 3.8) is 0 Å². The van der Waals surface area contributed by atoms with E-state index in [1.807, 2.05) is 20.8 Å². The van der Waals surface area contributed by atoms with Crippen LogP contribution in [-0.2, 0) is 20.8 Å². The highest BCUT2D eigenvalue weighted by atomic mass is 16.5. The normalized spacial score (nSPS) is 23.3. The van der Waals surface area contributed by atoms with Crippen molar-refractivity contribution < 1.29 is 18.8 Å². The number of nitrogens with zero attached hydrogens (tertiary/aromatic N) is 3. The van der Waals surface area contributed by atoms with Gasteiger partial charge in [-0.2, -0.15) is 4.98 Å². The lowest BCUT2D eigenvalue weighted by molar-refractivity contribution is -0.139. The Morgan fingerprint density at radius 3 is 3.05 bits per heavy atom. The van der Waals surface area contributed by atoms with E-state index in [4.69, 9.17) is 14.0 Å². The molecule has 0 saturated carbocycles. The molecule has 0 radical (unpaired) electrons. The second-order valence-corrected chi connectivity index (χ2v) is 5.35. The monoisotopic (exact) mass is 312 g/mol. The lowest BCUT2D eigenvalue weighted by Gasteiger charge is -2.31. The first-order valence-corrected chi connectivity index (χ1v) is 7.57. The SMILES string of the molecule is CCOC(C)c1noc(CN(C)C(=O)[C@H]2NCCO[C@@H]2C)n1. The quantitative estimate of drug-likeness (QED) is 0.818. The smallest absolute Gasteiger partial charge is 0.246 e. The average Bonchev–Trinajstić information content (AvgIpc) is 2.96. The van der Waals surface area contributed by atoms with Crippen LogP contribution in [0.15, 0.2) is 4.52 Å². The van der Waals surface area contributed by atoms with Crippen LogP contribution in [0.2, 0.25) is 0 Å². The molecule has 1 amide bonds. The standard InChI is InChI=1S/C14H24N4O4/c1-5-20-10(3)13-16-11(22-17-13)8-18(4)14(19)12-9(2)21-7-6-15-12/h9-10,12,15H,5-8H2,1-4H3/t9-,10?,12+/m1/s1. The van der Waals surface area contributed by atoms with E-state index in [0.29, 0.717) is 31.5 Å². The Morgan fingerprint density at radius 1 is 1.59 bits per heavy atom. The van der Waals surface area contributed by atoms with E-state index in [2.05, 4.69) is 15.5 Å². The third kappa shape index (κ3) is 4.02. The molecule has 2 heterocycles. The molecule has 1 aromatic rings. The summed E-state index contributed by atoms with van der Waals surface area (Å²) < 4.78 is 16.1. The number of nitrogens with one attached hydrogen (secondary N) is 1. The first kappa shape index (κ1) is 16.9. The van der Waals surface area contributed by atoms with E-state index < -0.39 is 0 Å². The number of amides is 1. The van der Waals surface area contributed by atoms with Gasteiger partial charge in [0, 0.05) is 20.2 Å². The number of morpholine rings is 1. The van der Waals surface area contributed by atoms with Gasteiger partial charge < -0.3 is 24.2 Å². The van der Waals surface area contributed by atoms with Crippen molar-refractivity contribution in [3.05, 3.63) is 11.7 Å². The zero-order valence-corrected chi connectivity index (χ0v) is 13.5. The molecule has 1 fully saturated rings. The second kappa shape index (κ2) is 7.66. The Hall–Kier alpha value is -1.51. The molecule has 22 heavy (non-hydrogen) atoms. The van der Waals surface area contributed by atoms with Crippen LogP contribution < -0.4 is 5.32 Å². The lowest BCUT2D eigenvalue weighted by Crippen LogP contribution is -2.55. The zero-order chi connectivity index (χ0) is 16.1. The van der Waals surface area contributed by atoms with Crippen LogP contribution in [0.3, 0.4) is 0 Å². The minimum absolute atomic E-state index is 0.0511. The van der Waals surface area contributed by atoms with Gasteiger partial charge in [0.25, 0.3) is 0 Å². The van der Waals surface area contributed by atoms with Gasteiger partial charge in [-0.15, -0.1) is 0 Å². The van der Waals surface area contributed by atoms with Crippen molar-refractivity contribution in [1.82, 2.24) is 20.4 Å². The Bertz CT molecular complexity index is 493. The number of likely N-dealkylation sites (N-methyl/N-ethyl adjacent to an activating group) is 1. The fourth-order valence-electron chi connectivity index (χ4n) is 2.35. The Morgan fingerprint density at radius 2 is 2.36 bits per heavy atom. The molecule has 3 atom stereocenters. The van der Waals surface area contributed by atoms with Gasteiger partial charge >= 0.3 is 0 Å². The summed E-state index contributed by atoms with van der Waals surface area (Å²) in [6.45, 7) is 7.78. The van der Waals surface area contributed by atoms with Crippen molar-refractivity contribution in [1.29, 1.82) is 0 Å². The molecule has 8 nitrogen and oxygen atoms in total. The van der Waals surface area contributed by atoms with Crippen molar-refractivity contribution in [2.45, 2.75) is 45.6 Å². The van der Waals surface area contributed by atoms with Gasteiger partial charge in [0.05, 0.1) is 19.3 Å². The molecule has 1 aliphatic rings. The molecular formula is C14H24N4O4. The molecule has 0 aromatic carbocycles. The Balaban J connectivity index is 1.93. The third-order valence-corrected chi connectivity index (χ3v) is 3.60. The summed E-state index contributed by atoms with van der Waals surface area (Å²) in [5.41, 5.74) is 0. The molecule has 2 rings (SSSR count). The zero-order valence-electron chi connectivity index (χ0n) is 13.5. The summed E-state index contributed by atoms with van der Waals surface area (Å²) in [5.74, 6) is 0.830. The maximum absolute atomic E-state index is 12.4. The third-order valence-electron chi connectivity index (χ3n) is 3.60. The maximum atomic E-state index is 12.4. The van der Waals surface area contributed by atoms with Crippen molar-refractivity contribution >= 4 is 5.91 Å². The highest BCUT2D eigenvalue weighted by molar-refractivity contribution is 5.82. The van der Waals surface area contributed by atoms with E-state index in [-0.39, 0.29) is 30.7 Å². The van der Waals surface area contributed by atoms with Crippen molar-refractivity contribution in [3.8, 4) is 0 Å². The molecule has 1 unspecified atom stereocenters. The molecule has 0 bridgehead atoms. The summed E-state index contributed by atoms with van der Waals surface area (Å²) >= 11 is 0. The Labute approximate surface area is 130 Å². The largest absolute Gasteiger partial charge is 0.375 e. The topological polar surface area (TPSA) is 89.7 Å². The average molecular weight is 312 g/mol. The minimum Gasteiger partial charge on any atom is -0.375 e. The first-order chi connectivity index (χ1) is 10.5. The predicted octanol–water partition coefficient (Wildman–Crippen LogP) is 0.502. The molecule has 1 aliphatic heterocycles. The van der Waals surface area contributed by atoms with E-state index in [0.717, 1.165) is 0 Å². The van der Waals surface area contributed by atoms with Crippen LogP contribution in [0.25, 0.3) is 0 Å². The van der Waals surface area contributed by atoms with Crippen LogP contribution in [-0.4, -0.2) is 59.9 Å². The molecule has 1 aromatic heterocycles. The summed E-state index contributed by atoms with van der Waals surface area (Å²) in [6.07, 6.45) is -0.378. The maximum Gasteiger partial charge on any atom is 0.246 e. The summed E-state index contributed by atoms with van der Waals surface area (Å²) in [6, 6.07) is -0.344. The van der Waals surface area contributed by atoms with E-state index in [1.54, 1.807) is 11.9 Å². The number of aromatic nitrogens is 2. The van der Waals surface area contributed by atoms with E-state index in [1.165, 1.54) is 0 Å². The van der Waals surface area contributed by atoms with Crippen molar-refractivity contribution in [2.75, 3.05) is 26.8 Å². The van der Waals surface area contributed by atoms with E-state index >= 15 is 0 Å². The van der Waals surface area contributed by atoms with Crippen LogP contribution in [0.5, 0.6) is 0 Å². The molecule has 1 N–H and O–H groups in total. The predicted molar refractivity (Wildman–Crippen MR) is 78.0 cm³/mol. The second-order valence-electron chi connectivity index (χ2n) is 5.35. The number of ether oxygens (including phenoxy) is 2. The number of hydrogen-bond acceptors (Lipinski definition) is 7. The van der Waals surface area contributed by atoms with Gasteiger partial charge in [0.15, 0.2) is 5.82 Å². The van der Waals surface area contributed by atoms with Crippen molar-refractivity contribution in [2.24, 2.45) is 0 Å². The highest BCUT2D eigenvalue weighted by Crippen LogP contribution is 2.14. The summed E-state index contributed by atoms with van der Waals surface area (Å²) in [7, 11) is 1.71. The van der Waals surface area contributed by atoms with Gasteiger partial charge in [-0.05, 0) is 20.8 Å². The Kier molecular flexibility index (Phi) is 5.87. The van der Waals surface area contributed by atoms with Gasteiger partial charge in [-0.25, -0.2) is 0 Å². The molecule has 124 valence electrons. The van der Waals surface area contributed by atoms with Crippen LogP contribution in [0, 0.1) is 0 Å². The fourth-order valence-corrected chi connectivity index (χ4v) is 2.35. The number of carbonyl (C=O) groups is 1. The van der Waals surface area contributed by atoms with Gasteiger partial charge in [-0.3, -0.25) is 4.79 Å². The first-order valence-electron chi connectivity index (χ1n) is 7.57. The fraction of sp³-hybridized carbons (Fsp3) is 0.786. The number of hydrogen-bond donors (Lipinski definition) is 1. The van der Waals surface area contributed by atoms with E-state index in [9.17, 15) is 4.79 Å². The highest BCUT2D eigenvalue weighted by Gasteiger charge is 2.31. The molecule has 0 aliphatic carbocycles. The number of carbonyl (C=O) groups excluding carboxylic acids is 1. The summed E-state index contributed by atoms with van der Waals surface area (Å²) in [5, 5.41) is 7.06. The lowest BCUT2D eigenvalue weighted by atomic mass is 10.1. The molecule has 8 heteroatoms. The number of rotatable bonds is 6. The molecule has 1 saturated heterocycles. The van der Waals surface area contributed by atoms with Crippen LogP contribution >= 0.6 is 0 Å². The van der Waals surface area contributed by atoms with Gasteiger partial charge in [-0.1, -0.05) is 5.16 Å². The minimum atomic E-state index is -0.344. The van der Waals surface area contributed by atoms with Crippen LogP contribution in [0.4, 0.5) is 0 Å². The van der Waals surface area contributed by atoms with Crippen LogP contribution in [0.1, 0.15) is 38.6 Å². The van der Waals surface area contributed by atoms with Gasteiger partial charge in [0.2, 0.25) is 11.8 Å². The summed E-state index contributed by atoms with van der Waals surface area (Å²) in [4.78, 5) is 18.3. The molecule has 0 spiro atoms. The molecular weight excluding hydrogens is 288 g/mol. The van der Waals surface area contributed by atoms with Gasteiger partial charge in [0.1, 0.15) is 12.1 Å².